The van der Waals surface area contributed by atoms with Crippen LogP contribution in [-0.2, 0) is 0 Å². The van der Waals surface area contributed by atoms with E-state index in [-0.39, 0.29) is 18.7 Å². The quantitative estimate of drug-likeness (QED) is 0.670. The Morgan fingerprint density at radius 1 is 1.46 bits per heavy atom. The fourth-order valence-corrected chi connectivity index (χ4v) is 1.08. The Morgan fingerprint density at radius 3 is 2.38 bits per heavy atom. The molecule has 0 bridgehead atoms. The van der Waals surface area contributed by atoms with Crippen molar-refractivity contribution in [3.05, 3.63) is 0 Å². The summed E-state index contributed by atoms with van der Waals surface area (Å²) in [5, 5.41) is 11.4. The molecule has 0 aromatic rings. The zero-order valence-corrected chi connectivity index (χ0v) is 8.71. The van der Waals surface area contributed by atoms with Crippen molar-refractivity contribution in [1.29, 1.82) is 0 Å². The summed E-state index contributed by atoms with van der Waals surface area (Å²) >= 11 is 0. The summed E-state index contributed by atoms with van der Waals surface area (Å²) in [5.74, 6) is 0. The van der Waals surface area contributed by atoms with Crippen LogP contribution in [0, 0.1) is 0 Å². The Labute approximate surface area is 79.9 Å². The molecule has 0 aliphatic rings. The van der Waals surface area contributed by atoms with Crippen molar-refractivity contribution in [2.45, 2.75) is 33.2 Å². The topological polar surface area (TPSA) is 52.6 Å². The minimum Gasteiger partial charge on any atom is -0.396 e. The fourth-order valence-electron chi connectivity index (χ4n) is 1.08. The molecule has 0 saturated carbocycles. The molecule has 1 atom stereocenters. The number of nitrogens with zero attached hydrogens (tertiary/aromatic N) is 1. The van der Waals surface area contributed by atoms with Crippen LogP contribution in [0.15, 0.2) is 0 Å². The normalized spacial score (nSPS) is 12.3. The molecule has 0 aromatic carbocycles. The van der Waals surface area contributed by atoms with Crippen LogP contribution < -0.4 is 5.32 Å². The van der Waals surface area contributed by atoms with E-state index < -0.39 is 0 Å². The predicted octanol–water partition coefficient (Wildman–Crippen LogP) is 0.809. The van der Waals surface area contributed by atoms with Gasteiger partial charge in [0.15, 0.2) is 0 Å². The van der Waals surface area contributed by atoms with Gasteiger partial charge in [0.25, 0.3) is 0 Å². The van der Waals surface area contributed by atoms with E-state index in [9.17, 15) is 4.79 Å². The standard InChI is InChI=1S/C9H20N2O2/c1-4-11(5-2)9(13)10-8(3)6-7-12/h8,12H,4-7H2,1-3H3,(H,10,13). The summed E-state index contributed by atoms with van der Waals surface area (Å²) < 4.78 is 0. The first-order valence-corrected chi connectivity index (χ1v) is 4.81. The lowest BCUT2D eigenvalue weighted by atomic mass is 10.2. The smallest absolute Gasteiger partial charge is 0.317 e. The maximum Gasteiger partial charge on any atom is 0.317 e. The summed E-state index contributed by atoms with van der Waals surface area (Å²) in [4.78, 5) is 13.1. The molecule has 0 rings (SSSR count). The van der Waals surface area contributed by atoms with Crippen molar-refractivity contribution in [2.24, 2.45) is 0 Å². The van der Waals surface area contributed by atoms with Gasteiger partial charge in [0.1, 0.15) is 0 Å². The number of carbonyl (C=O) groups is 1. The highest BCUT2D eigenvalue weighted by Crippen LogP contribution is 1.93. The van der Waals surface area contributed by atoms with Crippen LogP contribution in [0.5, 0.6) is 0 Å². The van der Waals surface area contributed by atoms with Gasteiger partial charge in [0.05, 0.1) is 0 Å². The van der Waals surface area contributed by atoms with Crippen molar-refractivity contribution in [3.63, 3.8) is 0 Å². The number of aliphatic hydroxyl groups excluding tert-OH is 1. The van der Waals surface area contributed by atoms with Crippen LogP contribution in [0.25, 0.3) is 0 Å². The van der Waals surface area contributed by atoms with Crippen molar-refractivity contribution in [2.75, 3.05) is 19.7 Å². The van der Waals surface area contributed by atoms with Gasteiger partial charge in [-0.25, -0.2) is 4.79 Å². The molecule has 0 heterocycles. The highest BCUT2D eigenvalue weighted by Gasteiger charge is 2.11. The zero-order valence-electron chi connectivity index (χ0n) is 8.71. The van der Waals surface area contributed by atoms with Gasteiger partial charge < -0.3 is 15.3 Å². The van der Waals surface area contributed by atoms with E-state index in [2.05, 4.69) is 5.32 Å². The van der Waals surface area contributed by atoms with E-state index in [0.717, 1.165) is 0 Å². The third-order valence-corrected chi connectivity index (χ3v) is 1.98. The van der Waals surface area contributed by atoms with Gasteiger partial charge in [-0.05, 0) is 27.2 Å². The number of urea groups is 1. The van der Waals surface area contributed by atoms with E-state index in [1.54, 1.807) is 4.90 Å². The third kappa shape index (κ3) is 4.72. The van der Waals surface area contributed by atoms with Gasteiger partial charge in [0.2, 0.25) is 0 Å². The summed E-state index contributed by atoms with van der Waals surface area (Å²) in [6, 6.07) is -0.0101. The number of amides is 2. The Hall–Kier alpha value is -0.770. The molecule has 2 amide bonds. The SMILES string of the molecule is CCN(CC)C(=O)NC(C)CCO. The molecule has 4 nitrogen and oxygen atoms in total. The van der Waals surface area contributed by atoms with Gasteiger partial charge in [-0.1, -0.05) is 0 Å². The monoisotopic (exact) mass is 188 g/mol. The summed E-state index contributed by atoms with van der Waals surface area (Å²) in [6.45, 7) is 7.32. The zero-order chi connectivity index (χ0) is 10.3. The first-order valence-electron chi connectivity index (χ1n) is 4.81. The van der Waals surface area contributed by atoms with E-state index in [4.69, 9.17) is 5.11 Å². The Bertz CT molecular complexity index is 147. The molecule has 0 spiro atoms. The molecular weight excluding hydrogens is 168 g/mol. The molecule has 0 aromatic heterocycles. The van der Waals surface area contributed by atoms with E-state index in [0.29, 0.717) is 19.5 Å². The number of aliphatic hydroxyl groups is 1. The molecule has 13 heavy (non-hydrogen) atoms. The molecule has 2 N–H and O–H groups in total. The van der Waals surface area contributed by atoms with Crippen LogP contribution in [0.1, 0.15) is 27.2 Å². The number of rotatable bonds is 5. The lowest BCUT2D eigenvalue weighted by Gasteiger charge is -2.22. The number of hydrogen-bond acceptors (Lipinski definition) is 2. The lowest BCUT2D eigenvalue weighted by molar-refractivity contribution is 0.196. The number of carbonyl (C=O) groups excluding carboxylic acids is 1. The van der Waals surface area contributed by atoms with Gasteiger partial charge in [-0.2, -0.15) is 0 Å². The predicted molar refractivity (Wildman–Crippen MR) is 52.6 cm³/mol. The second kappa shape index (κ2) is 6.71. The number of nitrogens with one attached hydrogen (secondary N) is 1. The van der Waals surface area contributed by atoms with E-state index >= 15 is 0 Å². The van der Waals surface area contributed by atoms with Crippen molar-refractivity contribution in [1.82, 2.24) is 10.2 Å². The highest BCUT2D eigenvalue weighted by atomic mass is 16.3. The van der Waals surface area contributed by atoms with Crippen molar-refractivity contribution >= 4 is 6.03 Å². The average Bonchev–Trinajstić information content (AvgIpc) is 2.06. The summed E-state index contributed by atoms with van der Waals surface area (Å²) in [5.41, 5.74) is 0. The lowest BCUT2D eigenvalue weighted by Crippen LogP contribution is -2.43. The first kappa shape index (κ1) is 12.2. The average molecular weight is 188 g/mol. The second-order valence-electron chi connectivity index (χ2n) is 3.04. The first-order chi connectivity index (χ1) is 6.15. The molecule has 0 aliphatic heterocycles. The fraction of sp³-hybridized carbons (Fsp3) is 0.889. The maximum atomic E-state index is 11.4. The van der Waals surface area contributed by atoms with E-state index in [1.165, 1.54) is 0 Å². The van der Waals surface area contributed by atoms with Gasteiger partial charge in [-0.3, -0.25) is 0 Å². The van der Waals surface area contributed by atoms with Crippen LogP contribution in [0.4, 0.5) is 4.79 Å². The van der Waals surface area contributed by atoms with Gasteiger partial charge in [0, 0.05) is 25.7 Å². The van der Waals surface area contributed by atoms with Gasteiger partial charge >= 0.3 is 6.03 Å². The van der Waals surface area contributed by atoms with Gasteiger partial charge in [-0.15, -0.1) is 0 Å². The van der Waals surface area contributed by atoms with Crippen molar-refractivity contribution < 1.29 is 9.90 Å². The highest BCUT2D eigenvalue weighted by molar-refractivity contribution is 5.74. The number of hydrogen-bond donors (Lipinski definition) is 2. The molecule has 0 aliphatic carbocycles. The Kier molecular flexibility index (Phi) is 6.32. The van der Waals surface area contributed by atoms with E-state index in [1.807, 2.05) is 20.8 Å². The molecule has 0 fully saturated rings. The molecule has 0 radical (unpaired) electrons. The summed E-state index contributed by atoms with van der Waals surface area (Å²) in [7, 11) is 0. The second-order valence-corrected chi connectivity index (χ2v) is 3.04. The minimum absolute atomic E-state index is 0.0399. The summed E-state index contributed by atoms with van der Waals surface area (Å²) in [6.07, 6.45) is 0.604. The van der Waals surface area contributed by atoms with Crippen molar-refractivity contribution in [3.8, 4) is 0 Å². The Morgan fingerprint density at radius 2 is 2.00 bits per heavy atom. The van der Waals surface area contributed by atoms with Crippen LogP contribution in [0.2, 0.25) is 0 Å². The van der Waals surface area contributed by atoms with Crippen LogP contribution in [0.3, 0.4) is 0 Å². The van der Waals surface area contributed by atoms with Crippen LogP contribution >= 0.6 is 0 Å². The minimum atomic E-state index is -0.0500. The largest absolute Gasteiger partial charge is 0.396 e. The maximum absolute atomic E-state index is 11.4. The molecular formula is C9H20N2O2. The van der Waals surface area contributed by atoms with Crippen LogP contribution in [-0.4, -0.2) is 41.8 Å². The molecule has 4 heteroatoms. The molecule has 0 saturated heterocycles. The third-order valence-electron chi connectivity index (χ3n) is 1.98. The molecule has 1 unspecified atom stereocenters. The molecule has 78 valence electrons. The Balaban J connectivity index is 3.83.